The molecule has 77 heavy (non-hydrogen) atoms. The van der Waals surface area contributed by atoms with Gasteiger partial charge in [0.2, 0.25) is 0 Å². The average Bonchev–Trinajstić information content (AvgIpc) is 4.16. The molecular formula is C57H33Cl2F3N11O4+. The molecular weight excluding hydrogens is 1030 g/mol. The zero-order valence-corrected chi connectivity index (χ0v) is 41.2. The number of nitrogens with one attached hydrogen (secondary N) is 2. The number of hydrogen-bond donors (Lipinski definition) is 2. The number of alkyl halides is 3. The van der Waals surface area contributed by atoms with Gasteiger partial charge in [-0.05, 0) is 65.2 Å². The largest absolute Gasteiger partial charge is 0.420 e. The van der Waals surface area contributed by atoms with Crippen LogP contribution in [0.15, 0.2) is 190 Å². The predicted molar refractivity (Wildman–Crippen MR) is 288 cm³/mol. The standard InChI is InChI=1S/C57H32Cl2F3N11O4/c1-69-27-48(51(68-69)40-13-7-15-43(59)50(40)31-17-19-38-45(22-31)66-55(76)72(53(38)74)46-24-63-23-32-8-2-4-10-35(32)46)70-25-33-9-3-5-11-36(33)47(28-70)73-54(75)39-18-16-30(21-44(39)67-56(73)77)49-37(12-6-14-42(49)58)34-20-41(57(60,61)62)52-64-29-65-71(52)26-34/h2-29H,1H3,(H-,66,67,74,75,76,77)/p+1. The van der Waals surface area contributed by atoms with Crippen LogP contribution < -0.4 is 27.1 Å². The minimum atomic E-state index is -4.74. The number of nitrogens with zero attached hydrogens (tertiary/aromatic N) is 9. The van der Waals surface area contributed by atoms with Crippen LogP contribution in [-0.2, 0) is 13.2 Å². The van der Waals surface area contributed by atoms with Crippen molar-refractivity contribution in [2.45, 2.75) is 6.18 Å². The SMILES string of the molecule is Cn1cc(-[n+]2cc(-n3c(=O)[nH]c4cc(-c5c(Cl)cccc5-c5cc(C(F)(F)F)c6ncnn6c5)ccc4c3=O)c3ccccc3c2)c(-c2cccc(Cl)c2-c2ccc3c(=O)n(-c4cncc5ccccc45)c(=O)[nH]c3c2)n1. The second-order valence-corrected chi connectivity index (χ2v) is 19.0. The highest BCUT2D eigenvalue weighted by Gasteiger charge is 2.35. The molecule has 0 saturated carbocycles. The molecule has 0 saturated heterocycles. The van der Waals surface area contributed by atoms with Crippen molar-refractivity contribution in [3.8, 4) is 61.7 Å². The molecule has 7 aromatic heterocycles. The number of benzene rings is 6. The summed E-state index contributed by atoms with van der Waals surface area (Å²) in [5, 5.41) is 12.5. The van der Waals surface area contributed by atoms with E-state index in [1.54, 1.807) is 108 Å². The van der Waals surface area contributed by atoms with Gasteiger partial charge in [-0.25, -0.2) is 28.2 Å². The van der Waals surface area contributed by atoms with Gasteiger partial charge in [-0.3, -0.25) is 19.3 Å². The van der Waals surface area contributed by atoms with Crippen LogP contribution in [0.3, 0.4) is 0 Å². The van der Waals surface area contributed by atoms with Crippen molar-refractivity contribution >= 4 is 72.2 Å². The lowest BCUT2D eigenvalue weighted by Gasteiger charge is -2.15. The lowest BCUT2D eigenvalue weighted by atomic mass is 9.94. The molecule has 0 aliphatic rings. The van der Waals surface area contributed by atoms with Crippen LogP contribution in [0.2, 0.25) is 10.0 Å². The number of fused-ring (bicyclic) bond motifs is 5. The highest BCUT2D eigenvalue weighted by atomic mass is 35.5. The monoisotopic (exact) mass is 1060 g/mol. The number of H-pyrrole nitrogens is 2. The van der Waals surface area contributed by atoms with E-state index in [1.165, 1.54) is 18.5 Å². The Balaban J connectivity index is 0.920. The van der Waals surface area contributed by atoms with Crippen LogP contribution >= 0.6 is 23.2 Å². The third kappa shape index (κ3) is 7.71. The van der Waals surface area contributed by atoms with Crippen LogP contribution in [0.4, 0.5) is 13.2 Å². The van der Waals surface area contributed by atoms with Gasteiger partial charge >= 0.3 is 17.6 Å². The number of hydrogen-bond acceptors (Lipinski definition) is 8. The molecule has 15 nitrogen and oxygen atoms in total. The van der Waals surface area contributed by atoms with Gasteiger partial charge in [0.15, 0.2) is 23.7 Å². The van der Waals surface area contributed by atoms with E-state index in [0.29, 0.717) is 71.6 Å². The van der Waals surface area contributed by atoms with E-state index < -0.39 is 34.2 Å². The average molecular weight is 1060 g/mol. The van der Waals surface area contributed by atoms with Crippen LogP contribution in [0, 0.1) is 0 Å². The van der Waals surface area contributed by atoms with Gasteiger partial charge < -0.3 is 9.97 Å². The van der Waals surface area contributed by atoms with E-state index >= 15 is 0 Å². The molecule has 20 heteroatoms. The normalized spacial score (nSPS) is 12.0. The topological polar surface area (TPSA) is 174 Å². The molecule has 0 unspecified atom stereocenters. The fourth-order valence-electron chi connectivity index (χ4n) is 10.2. The molecule has 0 aliphatic carbocycles. The maximum absolute atomic E-state index is 14.8. The fourth-order valence-corrected chi connectivity index (χ4v) is 10.8. The molecule has 0 radical (unpaired) electrons. The Morgan fingerprint density at radius 2 is 1.19 bits per heavy atom. The Hall–Kier alpha value is -9.78. The summed E-state index contributed by atoms with van der Waals surface area (Å²) in [5.74, 6) is 0. The lowest BCUT2D eigenvalue weighted by Crippen LogP contribution is -2.37. The smallest absolute Gasteiger partial charge is 0.306 e. The number of pyridine rings is 3. The predicted octanol–water partition coefficient (Wildman–Crippen LogP) is 10.4. The van der Waals surface area contributed by atoms with E-state index in [0.717, 1.165) is 31.4 Å². The number of aryl methyl sites for hydroxylation is 1. The summed E-state index contributed by atoms with van der Waals surface area (Å²) in [6.45, 7) is 0. The van der Waals surface area contributed by atoms with Gasteiger partial charge in [0, 0.05) is 73.3 Å². The van der Waals surface area contributed by atoms with Crippen LogP contribution in [0.1, 0.15) is 5.56 Å². The van der Waals surface area contributed by atoms with Gasteiger partial charge in [0.05, 0.1) is 39.9 Å². The molecule has 13 aromatic rings. The first kappa shape index (κ1) is 47.0. The van der Waals surface area contributed by atoms with E-state index in [1.807, 2.05) is 48.7 Å². The zero-order valence-electron chi connectivity index (χ0n) is 39.7. The van der Waals surface area contributed by atoms with Crippen molar-refractivity contribution < 1.29 is 17.7 Å². The first-order valence-corrected chi connectivity index (χ1v) is 24.3. The van der Waals surface area contributed by atoms with Crippen molar-refractivity contribution in [1.29, 1.82) is 0 Å². The van der Waals surface area contributed by atoms with Gasteiger partial charge in [0.1, 0.15) is 17.6 Å². The minimum absolute atomic E-state index is 0.136. The molecule has 7 heterocycles. The Morgan fingerprint density at radius 3 is 1.86 bits per heavy atom. The van der Waals surface area contributed by atoms with Crippen LogP contribution in [-0.4, -0.2) is 48.5 Å². The molecule has 0 amide bonds. The molecule has 2 N–H and O–H groups in total. The molecule has 0 bridgehead atoms. The van der Waals surface area contributed by atoms with E-state index in [-0.39, 0.29) is 43.7 Å². The Kier molecular flexibility index (Phi) is 10.8. The lowest BCUT2D eigenvalue weighted by molar-refractivity contribution is -0.593. The van der Waals surface area contributed by atoms with Crippen LogP contribution in [0.5, 0.6) is 0 Å². The Bertz CT molecular complexity index is 4920. The quantitative estimate of drug-likeness (QED) is 0.148. The Morgan fingerprint density at radius 1 is 0.597 bits per heavy atom. The summed E-state index contributed by atoms with van der Waals surface area (Å²) in [6, 6.07) is 35.6. The number of halogens is 5. The van der Waals surface area contributed by atoms with E-state index in [2.05, 4.69) is 25.0 Å². The molecule has 0 fully saturated rings. The maximum Gasteiger partial charge on any atom is 0.420 e. The zero-order chi connectivity index (χ0) is 53.0. The molecule has 13 rings (SSSR count). The highest BCUT2D eigenvalue weighted by Crippen LogP contribution is 2.42. The van der Waals surface area contributed by atoms with Gasteiger partial charge in [-0.2, -0.15) is 27.9 Å². The summed E-state index contributed by atoms with van der Waals surface area (Å²) >= 11 is 13.9. The first-order chi connectivity index (χ1) is 37.2. The minimum Gasteiger partial charge on any atom is -0.306 e. The van der Waals surface area contributed by atoms with Crippen molar-refractivity contribution in [3.63, 3.8) is 0 Å². The van der Waals surface area contributed by atoms with Gasteiger partial charge in [-0.15, -0.1) is 0 Å². The highest BCUT2D eigenvalue weighted by molar-refractivity contribution is 6.34. The van der Waals surface area contributed by atoms with E-state index in [9.17, 15) is 32.3 Å². The summed E-state index contributed by atoms with van der Waals surface area (Å²) in [5.41, 5.74) is 1.04. The third-order valence-corrected chi connectivity index (χ3v) is 14.3. The van der Waals surface area contributed by atoms with Crippen molar-refractivity contribution in [2.75, 3.05) is 0 Å². The molecule has 0 atom stereocenters. The molecule has 0 spiro atoms. The van der Waals surface area contributed by atoms with Crippen LogP contribution in [0.25, 0.3) is 111 Å². The number of aromatic amines is 2. The second kappa shape index (κ2) is 17.7. The summed E-state index contributed by atoms with van der Waals surface area (Å²) in [6.07, 6.45) is 6.17. The molecule has 6 aromatic carbocycles. The summed E-state index contributed by atoms with van der Waals surface area (Å²) in [7, 11) is 1.75. The summed E-state index contributed by atoms with van der Waals surface area (Å²) < 4.78 is 49.5. The first-order valence-electron chi connectivity index (χ1n) is 23.6. The van der Waals surface area contributed by atoms with Crippen molar-refractivity contribution in [3.05, 3.63) is 228 Å². The van der Waals surface area contributed by atoms with Crippen molar-refractivity contribution in [1.82, 2.24) is 48.5 Å². The van der Waals surface area contributed by atoms with Gasteiger partial charge in [-0.1, -0.05) is 102 Å². The maximum atomic E-state index is 14.8. The van der Waals surface area contributed by atoms with E-state index in [4.69, 9.17) is 28.3 Å². The Labute approximate surface area is 439 Å². The van der Waals surface area contributed by atoms with Crippen molar-refractivity contribution in [2.24, 2.45) is 7.05 Å². The number of aromatic nitrogens is 11. The fraction of sp³-hybridized carbons (Fsp3) is 0.0351. The summed E-state index contributed by atoms with van der Waals surface area (Å²) in [4.78, 5) is 71.0. The molecule has 0 aliphatic heterocycles. The second-order valence-electron chi connectivity index (χ2n) is 18.2. The third-order valence-electron chi connectivity index (χ3n) is 13.6. The number of rotatable bonds is 7. The molecule has 374 valence electrons. The van der Waals surface area contributed by atoms with Gasteiger partial charge in [0.25, 0.3) is 16.8 Å².